The Labute approximate surface area is 181 Å². The summed E-state index contributed by atoms with van der Waals surface area (Å²) >= 11 is 0. The third-order valence-electron chi connectivity index (χ3n) is 5.68. The SMILES string of the molecule is CCOc1ccc(NC2=C(C(C)=O)C(c3ccc(F)cc3)C(C(C)=O)C(C)(O)C2)cc1. The molecule has 0 saturated heterocycles. The van der Waals surface area contributed by atoms with Gasteiger partial charge in [0.2, 0.25) is 0 Å². The second-order valence-corrected chi connectivity index (χ2v) is 8.18. The van der Waals surface area contributed by atoms with Gasteiger partial charge in [0.1, 0.15) is 17.3 Å². The second kappa shape index (κ2) is 9.02. The predicted molar refractivity (Wildman–Crippen MR) is 117 cm³/mol. The number of halogens is 1. The van der Waals surface area contributed by atoms with E-state index in [4.69, 9.17) is 4.74 Å². The van der Waals surface area contributed by atoms with Gasteiger partial charge in [0.15, 0.2) is 5.78 Å². The average Bonchev–Trinajstić information content (AvgIpc) is 2.68. The van der Waals surface area contributed by atoms with E-state index in [0.717, 1.165) is 11.4 Å². The summed E-state index contributed by atoms with van der Waals surface area (Å²) in [6.45, 7) is 6.93. The zero-order valence-electron chi connectivity index (χ0n) is 18.2. The van der Waals surface area contributed by atoms with Crippen molar-refractivity contribution >= 4 is 17.3 Å². The molecule has 3 rings (SSSR count). The summed E-state index contributed by atoms with van der Waals surface area (Å²) in [7, 11) is 0. The molecule has 0 aliphatic heterocycles. The summed E-state index contributed by atoms with van der Waals surface area (Å²) in [6, 6.07) is 13.0. The van der Waals surface area contributed by atoms with Gasteiger partial charge in [-0.15, -0.1) is 0 Å². The molecule has 0 amide bonds. The first-order valence-electron chi connectivity index (χ1n) is 10.4. The van der Waals surface area contributed by atoms with E-state index in [0.29, 0.717) is 23.4 Å². The number of Topliss-reactive ketones (excluding diaryl/α,β-unsaturated/α-hetero) is 2. The molecule has 6 heteroatoms. The number of allylic oxidation sites excluding steroid dienone is 1. The number of nitrogens with one attached hydrogen (secondary N) is 1. The Balaban J connectivity index is 2.12. The van der Waals surface area contributed by atoms with E-state index in [-0.39, 0.29) is 18.0 Å². The molecule has 1 aliphatic rings. The summed E-state index contributed by atoms with van der Waals surface area (Å²) in [5.41, 5.74) is 0.919. The highest BCUT2D eigenvalue weighted by Gasteiger charge is 2.49. The Kier molecular flexibility index (Phi) is 6.60. The molecular formula is C25H28FNO4. The molecule has 0 saturated carbocycles. The van der Waals surface area contributed by atoms with E-state index in [1.165, 1.54) is 26.0 Å². The van der Waals surface area contributed by atoms with E-state index in [1.807, 2.05) is 31.2 Å². The molecule has 2 aromatic rings. The highest BCUT2D eigenvalue weighted by atomic mass is 19.1. The van der Waals surface area contributed by atoms with Crippen molar-refractivity contribution in [3.05, 3.63) is 71.2 Å². The number of rotatable bonds is 7. The van der Waals surface area contributed by atoms with Crippen LogP contribution in [-0.4, -0.2) is 28.9 Å². The molecule has 0 aromatic heterocycles. The predicted octanol–water partition coefficient (Wildman–Crippen LogP) is 4.62. The third kappa shape index (κ3) is 4.85. The number of anilines is 1. The minimum Gasteiger partial charge on any atom is -0.494 e. The lowest BCUT2D eigenvalue weighted by atomic mass is 9.64. The van der Waals surface area contributed by atoms with E-state index >= 15 is 0 Å². The van der Waals surface area contributed by atoms with Crippen LogP contribution in [0.25, 0.3) is 0 Å². The first-order valence-corrected chi connectivity index (χ1v) is 10.4. The highest BCUT2D eigenvalue weighted by Crippen LogP contribution is 2.47. The number of benzene rings is 2. The molecule has 5 nitrogen and oxygen atoms in total. The van der Waals surface area contributed by atoms with Gasteiger partial charge >= 0.3 is 0 Å². The Morgan fingerprint density at radius 1 is 1.13 bits per heavy atom. The first-order chi connectivity index (χ1) is 14.6. The molecule has 3 atom stereocenters. The summed E-state index contributed by atoms with van der Waals surface area (Å²) in [5.74, 6) is -1.63. The van der Waals surface area contributed by atoms with Crippen LogP contribution in [0.4, 0.5) is 10.1 Å². The molecule has 0 bridgehead atoms. The van der Waals surface area contributed by atoms with Gasteiger partial charge in [0, 0.05) is 29.3 Å². The van der Waals surface area contributed by atoms with E-state index in [1.54, 1.807) is 19.1 Å². The maximum atomic E-state index is 13.6. The van der Waals surface area contributed by atoms with Crippen molar-refractivity contribution in [3.8, 4) is 5.75 Å². The van der Waals surface area contributed by atoms with Crippen molar-refractivity contribution in [2.75, 3.05) is 11.9 Å². The number of ketones is 2. The van der Waals surface area contributed by atoms with Gasteiger partial charge in [0.25, 0.3) is 0 Å². The number of carbonyl (C=O) groups excluding carboxylic acids is 2. The van der Waals surface area contributed by atoms with Crippen molar-refractivity contribution in [1.29, 1.82) is 0 Å². The topological polar surface area (TPSA) is 75.6 Å². The second-order valence-electron chi connectivity index (χ2n) is 8.18. The lowest BCUT2D eigenvalue weighted by Gasteiger charge is -2.43. The van der Waals surface area contributed by atoms with Crippen molar-refractivity contribution in [1.82, 2.24) is 0 Å². The van der Waals surface area contributed by atoms with Gasteiger partial charge in [0.05, 0.1) is 18.1 Å². The van der Waals surface area contributed by atoms with Gasteiger partial charge in [-0.2, -0.15) is 0 Å². The number of carbonyl (C=O) groups is 2. The summed E-state index contributed by atoms with van der Waals surface area (Å²) < 4.78 is 19.0. The summed E-state index contributed by atoms with van der Waals surface area (Å²) in [4.78, 5) is 25.4. The molecule has 164 valence electrons. The van der Waals surface area contributed by atoms with Crippen LogP contribution in [0.1, 0.15) is 45.6 Å². The highest BCUT2D eigenvalue weighted by molar-refractivity contribution is 5.98. The number of ether oxygens (including phenoxy) is 1. The molecule has 0 fully saturated rings. The van der Waals surface area contributed by atoms with Crippen molar-refractivity contribution < 1.29 is 23.8 Å². The quantitative estimate of drug-likeness (QED) is 0.677. The zero-order chi connectivity index (χ0) is 22.8. The lowest BCUT2D eigenvalue weighted by Crippen LogP contribution is -2.48. The monoisotopic (exact) mass is 425 g/mol. The van der Waals surface area contributed by atoms with Gasteiger partial charge in [-0.1, -0.05) is 12.1 Å². The normalized spacial score (nSPS) is 23.4. The maximum Gasteiger partial charge on any atom is 0.158 e. The van der Waals surface area contributed by atoms with E-state index in [9.17, 15) is 19.1 Å². The lowest BCUT2D eigenvalue weighted by molar-refractivity contribution is -0.131. The van der Waals surface area contributed by atoms with Crippen molar-refractivity contribution in [3.63, 3.8) is 0 Å². The molecule has 31 heavy (non-hydrogen) atoms. The van der Waals surface area contributed by atoms with Crippen LogP contribution in [0.2, 0.25) is 0 Å². The van der Waals surface area contributed by atoms with Crippen LogP contribution in [0.15, 0.2) is 59.8 Å². The van der Waals surface area contributed by atoms with E-state index in [2.05, 4.69) is 5.32 Å². The number of hydrogen-bond donors (Lipinski definition) is 2. The maximum absolute atomic E-state index is 13.6. The summed E-state index contributed by atoms with van der Waals surface area (Å²) in [6.07, 6.45) is 0.108. The largest absolute Gasteiger partial charge is 0.494 e. The van der Waals surface area contributed by atoms with E-state index < -0.39 is 23.3 Å². The fourth-order valence-corrected chi connectivity index (χ4v) is 4.50. The van der Waals surface area contributed by atoms with Gasteiger partial charge in [-0.05, 0) is 69.7 Å². The Morgan fingerprint density at radius 3 is 2.26 bits per heavy atom. The molecule has 0 radical (unpaired) electrons. The molecular weight excluding hydrogens is 397 g/mol. The van der Waals surface area contributed by atoms with Gasteiger partial charge < -0.3 is 15.2 Å². The zero-order valence-corrected chi connectivity index (χ0v) is 18.2. The van der Waals surface area contributed by atoms with Crippen LogP contribution in [-0.2, 0) is 9.59 Å². The Bertz CT molecular complexity index is 993. The van der Waals surface area contributed by atoms with Crippen molar-refractivity contribution in [2.24, 2.45) is 5.92 Å². The molecule has 0 spiro atoms. The van der Waals surface area contributed by atoms with Gasteiger partial charge in [-0.25, -0.2) is 4.39 Å². The molecule has 3 unspecified atom stereocenters. The number of aliphatic hydroxyl groups is 1. The average molecular weight is 426 g/mol. The number of hydrogen-bond acceptors (Lipinski definition) is 5. The first kappa shape index (κ1) is 22.7. The fourth-order valence-electron chi connectivity index (χ4n) is 4.50. The minimum absolute atomic E-state index is 0.108. The molecule has 1 aliphatic carbocycles. The van der Waals surface area contributed by atoms with Crippen LogP contribution in [0.5, 0.6) is 5.75 Å². The van der Waals surface area contributed by atoms with Crippen molar-refractivity contribution in [2.45, 2.75) is 45.6 Å². The van der Waals surface area contributed by atoms with Crippen LogP contribution >= 0.6 is 0 Å². The van der Waals surface area contributed by atoms with Gasteiger partial charge in [-0.3, -0.25) is 9.59 Å². The Morgan fingerprint density at radius 2 is 1.74 bits per heavy atom. The molecule has 0 heterocycles. The standard InChI is InChI=1S/C25H28FNO4/c1-5-31-20-12-10-19(11-13-20)27-21-14-25(4,30)24(16(3)29)23(22(21)15(2)28)17-6-8-18(26)9-7-17/h6-13,23-24,27,30H,5,14H2,1-4H3. The Hall–Kier alpha value is -2.99. The molecule has 2 N–H and O–H groups in total. The summed E-state index contributed by atoms with van der Waals surface area (Å²) in [5, 5.41) is 14.5. The molecule has 2 aromatic carbocycles. The smallest absolute Gasteiger partial charge is 0.158 e. The minimum atomic E-state index is -1.39. The third-order valence-corrected chi connectivity index (χ3v) is 5.68. The van der Waals surface area contributed by atoms with Crippen LogP contribution < -0.4 is 10.1 Å². The fraction of sp³-hybridized carbons (Fsp3) is 0.360. The van der Waals surface area contributed by atoms with Crippen LogP contribution in [0, 0.1) is 11.7 Å². The van der Waals surface area contributed by atoms with Crippen LogP contribution in [0.3, 0.4) is 0 Å².